The summed E-state index contributed by atoms with van der Waals surface area (Å²) in [6.07, 6.45) is 1.82. The number of thiophene rings is 1. The SMILES string of the molecule is O=c1sc(N2CCN(c3ccccn3)CC2)nc2ccsc12. The minimum Gasteiger partial charge on any atom is -0.353 e. The number of rotatable bonds is 2. The molecule has 1 aliphatic heterocycles. The summed E-state index contributed by atoms with van der Waals surface area (Å²) in [5.74, 6) is 1.01. The summed E-state index contributed by atoms with van der Waals surface area (Å²) in [6, 6.07) is 7.88. The van der Waals surface area contributed by atoms with Crippen molar-refractivity contribution in [1.82, 2.24) is 9.97 Å². The zero-order valence-electron chi connectivity index (χ0n) is 11.8. The Morgan fingerprint density at radius 2 is 1.86 bits per heavy atom. The maximum atomic E-state index is 12.1. The van der Waals surface area contributed by atoms with E-state index in [0.29, 0.717) is 0 Å². The number of pyridine rings is 1. The van der Waals surface area contributed by atoms with E-state index in [-0.39, 0.29) is 4.74 Å². The monoisotopic (exact) mass is 330 g/mol. The lowest BCUT2D eigenvalue weighted by molar-refractivity contribution is 0.646. The zero-order valence-corrected chi connectivity index (χ0v) is 13.4. The zero-order chi connectivity index (χ0) is 14.9. The fourth-order valence-corrected chi connectivity index (χ4v) is 4.35. The van der Waals surface area contributed by atoms with E-state index in [1.807, 2.05) is 35.8 Å². The van der Waals surface area contributed by atoms with Crippen LogP contribution in [0.5, 0.6) is 0 Å². The second-order valence-electron chi connectivity index (χ2n) is 5.08. The van der Waals surface area contributed by atoms with Gasteiger partial charge in [-0.05, 0) is 23.6 Å². The van der Waals surface area contributed by atoms with Crippen molar-refractivity contribution < 1.29 is 0 Å². The number of piperazine rings is 1. The van der Waals surface area contributed by atoms with Gasteiger partial charge in [0.2, 0.25) is 0 Å². The predicted molar refractivity (Wildman–Crippen MR) is 92.4 cm³/mol. The van der Waals surface area contributed by atoms with Crippen molar-refractivity contribution in [2.45, 2.75) is 0 Å². The summed E-state index contributed by atoms with van der Waals surface area (Å²) < 4.78 is 0.878. The van der Waals surface area contributed by atoms with Gasteiger partial charge in [-0.1, -0.05) is 17.4 Å². The van der Waals surface area contributed by atoms with Gasteiger partial charge >= 0.3 is 0 Å². The summed E-state index contributed by atoms with van der Waals surface area (Å²) in [5, 5.41) is 2.76. The van der Waals surface area contributed by atoms with Gasteiger partial charge in [0.05, 0.1) is 5.52 Å². The quantitative estimate of drug-likeness (QED) is 0.722. The van der Waals surface area contributed by atoms with Crippen LogP contribution in [0.15, 0.2) is 40.6 Å². The molecule has 0 aliphatic carbocycles. The van der Waals surface area contributed by atoms with Gasteiger partial charge in [0.15, 0.2) is 5.13 Å². The minimum absolute atomic E-state index is 0.113. The van der Waals surface area contributed by atoms with E-state index in [1.54, 1.807) is 0 Å². The molecule has 0 saturated carbocycles. The Morgan fingerprint density at radius 1 is 1.05 bits per heavy atom. The molecule has 0 atom stereocenters. The van der Waals surface area contributed by atoms with Crippen LogP contribution in [0.1, 0.15) is 0 Å². The molecule has 4 rings (SSSR count). The first-order valence-corrected chi connectivity index (χ1v) is 8.80. The van der Waals surface area contributed by atoms with Crippen molar-refractivity contribution in [3.63, 3.8) is 0 Å². The van der Waals surface area contributed by atoms with E-state index >= 15 is 0 Å². The molecule has 3 aromatic rings. The third kappa shape index (κ3) is 2.46. The Balaban J connectivity index is 1.54. The summed E-state index contributed by atoms with van der Waals surface area (Å²) in [7, 11) is 0. The molecule has 3 aromatic heterocycles. The van der Waals surface area contributed by atoms with E-state index < -0.39 is 0 Å². The Hall–Kier alpha value is -1.99. The first-order valence-electron chi connectivity index (χ1n) is 7.10. The van der Waals surface area contributed by atoms with E-state index in [1.165, 1.54) is 22.7 Å². The van der Waals surface area contributed by atoms with Crippen LogP contribution < -0.4 is 14.5 Å². The van der Waals surface area contributed by atoms with E-state index in [4.69, 9.17) is 0 Å². The highest BCUT2D eigenvalue weighted by atomic mass is 32.1. The number of hydrogen-bond acceptors (Lipinski definition) is 7. The topological polar surface area (TPSA) is 49.3 Å². The van der Waals surface area contributed by atoms with Crippen LogP contribution in [-0.2, 0) is 0 Å². The van der Waals surface area contributed by atoms with Gasteiger partial charge in [-0.25, -0.2) is 9.97 Å². The molecule has 0 radical (unpaired) electrons. The molecule has 0 amide bonds. The number of hydrogen-bond donors (Lipinski definition) is 0. The lowest BCUT2D eigenvalue weighted by Crippen LogP contribution is -2.47. The van der Waals surface area contributed by atoms with Crippen LogP contribution >= 0.6 is 22.7 Å². The molecule has 1 aliphatic rings. The molecule has 0 bridgehead atoms. The lowest BCUT2D eigenvalue weighted by Gasteiger charge is -2.35. The van der Waals surface area contributed by atoms with Crippen molar-refractivity contribution in [2.24, 2.45) is 0 Å². The lowest BCUT2D eigenvalue weighted by atomic mass is 10.3. The van der Waals surface area contributed by atoms with E-state index in [2.05, 4.69) is 19.8 Å². The molecule has 0 spiro atoms. The molecular formula is C15H14N4OS2. The molecule has 112 valence electrons. The van der Waals surface area contributed by atoms with Crippen molar-refractivity contribution in [3.8, 4) is 0 Å². The van der Waals surface area contributed by atoms with Crippen molar-refractivity contribution >= 4 is 43.8 Å². The average Bonchev–Trinajstić information content (AvgIpc) is 3.05. The molecule has 1 saturated heterocycles. The van der Waals surface area contributed by atoms with Crippen molar-refractivity contribution in [3.05, 3.63) is 45.4 Å². The summed E-state index contributed by atoms with van der Waals surface area (Å²) in [5.41, 5.74) is 0.816. The largest absolute Gasteiger partial charge is 0.353 e. The first kappa shape index (κ1) is 13.7. The molecule has 1 fully saturated rings. The maximum Gasteiger partial charge on any atom is 0.255 e. The van der Waals surface area contributed by atoms with Crippen molar-refractivity contribution in [2.75, 3.05) is 36.0 Å². The second-order valence-corrected chi connectivity index (χ2v) is 6.94. The van der Waals surface area contributed by atoms with Gasteiger partial charge in [0.25, 0.3) is 4.74 Å². The van der Waals surface area contributed by atoms with Crippen LogP contribution in [0.25, 0.3) is 10.2 Å². The second kappa shape index (κ2) is 5.66. The number of anilines is 2. The molecule has 0 unspecified atom stereocenters. The molecule has 4 heterocycles. The summed E-state index contributed by atoms with van der Waals surface area (Å²) >= 11 is 2.72. The van der Waals surface area contributed by atoms with Gasteiger partial charge in [-0.15, -0.1) is 11.3 Å². The third-order valence-electron chi connectivity index (χ3n) is 3.75. The normalized spacial score (nSPS) is 15.5. The highest BCUT2D eigenvalue weighted by Crippen LogP contribution is 2.24. The van der Waals surface area contributed by atoms with Gasteiger partial charge < -0.3 is 9.80 Å². The van der Waals surface area contributed by atoms with Gasteiger partial charge in [0, 0.05) is 32.4 Å². The van der Waals surface area contributed by atoms with Crippen molar-refractivity contribution in [1.29, 1.82) is 0 Å². The maximum absolute atomic E-state index is 12.1. The van der Waals surface area contributed by atoms with Crippen LogP contribution in [0.2, 0.25) is 0 Å². The van der Waals surface area contributed by atoms with Gasteiger partial charge in [-0.2, -0.15) is 0 Å². The molecular weight excluding hydrogens is 316 g/mol. The summed E-state index contributed by atoms with van der Waals surface area (Å²) in [6.45, 7) is 3.49. The van der Waals surface area contributed by atoms with E-state index in [0.717, 1.165) is 47.3 Å². The smallest absolute Gasteiger partial charge is 0.255 e. The van der Waals surface area contributed by atoms with Crippen LogP contribution in [0, 0.1) is 0 Å². The van der Waals surface area contributed by atoms with E-state index in [9.17, 15) is 4.79 Å². The first-order chi connectivity index (χ1) is 10.8. The van der Waals surface area contributed by atoms with Crippen LogP contribution in [-0.4, -0.2) is 36.1 Å². The van der Waals surface area contributed by atoms with Gasteiger partial charge in [-0.3, -0.25) is 4.79 Å². The predicted octanol–water partition coefficient (Wildman–Crippen LogP) is 2.44. The third-order valence-corrected chi connectivity index (χ3v) is 5.71. The van der Waals surface area contributed by atoms with Crippen LogP contribution in [0.3, 0.4) is 0 Å². The number of fused-ring (bicyclic) bond motifs is 1. The Morgan fingerprint density at radius 3 is 2.64 bits per heavy atom. The molecule has 0 N–H and O–H groups in total. The molecule has 7 heteroatoms. The fourth-order valence-electron chi connectivity index (χ4n) is 2.60. The number of aromatic nitrogens is 2. The Kier molecular flexibility index (Phi) is 3.51. The molecule has 0 aromatic carbocycles. The highest BCUT2D eigenvalue weighted by Gasteiger charge is 2.20. The number of nitrogens with zero attached hydrogens (tertiary/aromatic N) is 4. The van der Waals surface area contributed by atoms with Crippen LogP contribution in [0.4, 0.5) is 10.9 Å². The standard InChI is InChI=1S/C15H14N4OS2/c20-14-13-11(4-10-21-13)17-15(22-14)19-8-6-18(7-9-19)12-3-1-2-5-16-12/h1-5,10H,6-9H2. The highest BCUT2D eigenvalue weighted by molar-refractivity contribution is 7.21. The van der Waals surface area contributed by atoms with Gasteiger partial charge in [0.1, 0.15) is 10.5 Å². The molecule has 22 heavy (non-hydrogen) atoms. The fraction of sp³-hybridized carbons (Fsp3) is 0.267. The summed E-state index contributed by atoms with van der Waals surface area (Å²) in [4.78, 5) is 25.6. The Bertz CT molecular complexity index is 837. The Labute approximate surface area is 135 Å². The average molecular weight is 330 g/mol. The molecule has 5 nitrogen and oxygen atoms in total. The minimum atomic E-state index is 0.113.